The lowest BCUT2D eigenvalue weighted by Gasteiger charge is -2.62. The van der Waals surface area contributed by atoms with Crippen molar-refractivity contribution in [2.24, 2.45) is 11.3 Å². The molecule has 1 N–H and O–H groups in total. The van der Waals surface area contributed by atoms with Gasteiger partial charge in [0.2, 0.25) is 11.8 Å². The number of benzene rings is 1. The third-order valence-corrected chi connectivity index (χ3v) is 9.25. The second-order valence-electron chi connectivity index (χ2n) is 11.5. The third-order valence-electron chi connectivity index (χ3n) is 9.25. The van der Waals surface area contributed by atoms with Gasteiger partial charge in [0.1, 0.15) is 6.61 Å². The third kappa shape index (κ3) is 3.61. The number of carbonyl (C=O) groups is 2. The van der Waals surface area contributed by atoms with Gasteiger partial charge in [-0.1, -0.05) is 30.3 Å². The lowest BCUT2D eigenvalue weighted by molar-refractivity contribution is -0.183. The Hall–Kier alpha value is -1.92. The molecule has 1 spiro atoms. The van der Waals surface area contributed by atoms with Gasteiger partial charge in [-0.3, -0.25) is 9.59 Å². The maximum absolute atomic E-state index is 13.7. The summed E-state index contributed by atoms with van der Waals surface area (Å²) >= 11 is 0. The Morgan fingerprint density at radius 2 is 1.85 bits per heavy atom. The van der Waals surface area contributed by atoms with Crippen molar-refractivity contribution in [1.29, 1.82) is 0 Å². The number of hydrogen-bond donors (Lipinski definition) is 1. The number of nitrogens with one attached hydrogen (secondary N) is 1. The average molecular weight is 453 g/mol. The largest absolute Gasteiger partial charge is 0.376 e. The summed E-state index contributed by atoms with van der Waals surface area (Å²) in [6.07, 6.45) is 8.42. The van der Waals surface area contributed by atoms with Gasteiger partial charge in [-0.2, -0.15) is 0 Å². The van der Waals surface area contributed by atoms with Crippen LogP contribution in [0.1, 0.15) is 69.8 Å². The first-order valence-corrected chi connectivity index (χ1v) is 12.9. The van der Waals surface area contributed by atoms with E-state index in [0.717, 1.165) is 57.3 Å². The van der Waals surface area contributed by atoms with E-state index in [9.17, 15) is 9.59 Å². The molecule has 6 aliphatic rings. The van der Waals surface area contributed by atoms with Gasteiger partial charge < -0.3 is 19.7 Å². The SMILES string of the molecule is CC1CC2(COCC(=O)N2)C(COC2CCC(c3ccccc3)CC2)N1C(=O)C12CC(C1)C2. The molecule has 33 heavy (non-hydrogen) atoms. The van der Waals surface area contributed by atoms with E-state index in [-0.39, 0.29) is 42.0 Å². The fraction of sp³-hybridized carbons (Fsp3) is 0.704. The van der Waals surface area contributed by atoms with Gasteiger partial charge in [0.15, 0.2) is 0 Å². The molecule has 2 amide bonds. The van der Waals surface area contributed by atoms with Crippen LogP contribution < -0.4 is 5.32 Å². The number of likely N-dealkylation sites (tertiary alicyclic amines) is 1. The Morgan fingerprint density at radius 1 is 1.12 bits per heavy atom. The van der Waals surface area contributed by atoms with Crippen LogP contribution in [0.4, 0.5) is 0 Å². The summed E-state index contributed by atoms with van der Waals surface area (Å²) in [5, 5.41) is 3.24. The highest BCUT2D eigenvalue weighted by Gasteiger charge is 2.66. The van der Waals surface area contributed by atoms with Crippen molar-refractivity contribution in [2.75, 3.05) is 19.8 Å². The predicted molar refractivity (Wildman–Crippen MR) is 124 cm³/mol. The molecule has 0 aromatic heterocycles. The average Bonchev–Trinajstić information content (AvgIpc) is 3.01. The van der Waals surface area contributed by atoms with Crippen molar-refractivity contribution in [3.05, 3.63) is 35.9 Å². The number of nitrogens with zero attached hydrogens (tertiary/aromatic N) is 1. The molecule has 178 valence electrons. The van der Waals surface area contributed by atoms with Crippen molar-refractivity contribution in [2.45, 2.75) is 87.9 Å². The van der Waals surface area contributed by atoms with Gasteiger partial charge >= 0.3 is 0 Å². The summed E-state index contributed by atoms with van der Waals surface area (Å²) in [6, 6.07) is 10.7. The molecular weight excluding hydrogens is 416 g/mol. The molecule has 3 atom stereocenters. The van der Waals surface area contributed by atoms with Crippen LogP contribution in [0.25, 0.3) is 0 Å². The van der Waals surface area contributed by atoms with Crippen LogP contribution in [0, 0.1) is 11.3 Å². The van der Waals surface area contributed by atoms with E-state index in [4.69, 9.17) is 9.47 Å². The monoisotopic (exact) mass is 452 g/mol. The first-order valence-electron chi connectivity index (χ1n) is 12.9. The van der Waals surface area contributed by atoms with Crippen molar-refractivity contribution in [1.82, 2.24) is 10.2 Å². The minimum atomic E-state index is -0.533. The van der Waals surface area contributed by atoms with Gasteiger partial charge in [0.05, 0.1) is 36.3 Å². The normalized spacial score (nSPS) is 41.9. The molecule has 2 aliphatic heterocycles. The van der Waals surface area contributed by atoms with Gasteiger partial charge in [0, 0.05) is 6.04 Å². The Bertz CT molecular complexity index is 895. The number of carbonyl (C=O) groups excluding carboxylic acids is 2. The van der Waals surface area contributed by atoms with Crippen LogP contribution in [0.5, 0.6) is 0 Å². The molecule has 7 rings (SSSR count). The summed E-state index contributed by atoms with van der Waals surface area (Å²) < 4.78 is 12.2. The quantitative estimate of drug-likeness (QED) is 0.744. The molecule has 2 heterocycles. The van der Waals surface area contributed by atoms with Gasteiger partial charge in [-0.25, -0.2) is 0 Å². The number of ether oxygens (including phenoxy) is 2. The Labute approximate surface area is 196 Å². The molecule has 0 radical (unpaired) electrons. The maximum Gasteiger partial charge on any atom is 0.246 e. The molecule has 1 aromatic carbocycles. The Morgan fingerprint density at radius 3 is 2.48 bits per heavy atom. The zero-order valence-electron chi connectivity index (χ0n) is 19.6. The first-order chi connectivity index (χ1) is 16.0. The van der Waals surface area contributed by atoms with Crippen molar-refractivity contribution in [3.63, 3.8) is 0 Å². The number of morpholine rings is 1. The van der Waals surface area contributed by atoms with E-state index in [1.165, 1.54) is 5.56 Å². The van der Waals surface area contributed by atoms with Crippen LogP contribution in [-0.4, -0.2) is 60.3 Å². The molecule has 3 unspecified atom stereocenters. The minimum absolute atomic E-state index is 0.0796. The highest BCUT2D eigenvalue weighted by molar-refractivity contribution is 5.87. The summed E-state index contributed by atoms with van der Waals surface area (Å²) in [5.74, 6) is 1.57. The Kier molecular flexibility index (Phi) is 5.29. The lowest BCUT2D eigenvalue weighted by Crippen LogP contribution is -2.68. The van der Waals surface area contributed by atoms with Crippen molar-refractivity contribution < 1.29 is 19.1 Å². The second kappa shape index (κ2) is 8.09. The molecule has 2 saturated heterocycles. The zero-order valence-corrected chi connectivity index (χ0v) is 19.6. The fourth-order valence-corrected chi connectivity index (χ4v) is 7.41. The van der Waals surface area contributed by atoms with E-state index >= 15 is 0 Å². The number of amides is 2. The molecule has 4 aliphatic carbocycles. The van der Waals surface area contributed by atoms with Crippen LogP contribution in [0.3, 0.4) is 0 Å². The second-order valence-corrected chi connectivity index (χ2v) is 11.5. The molecule has 6 heteroatoms. The minimum Gasteiger partial charge on any atom is -0.376 e. The standard InChI is InChI=1S/C27H36N2O4/c1-18-11-27(17-32-16-24(30)28-27)23(29(18)25(31)26-12-19(13-26)14-26)15-33-22-9-7-21(8-10-22)20-5-3-2-4-6-20/h2-6,18-19,21-23H,7-17H2,1H3,(H,28,30). The molecule has 4 saturated carbocycles. The summed E-state index contributed by atoms with van der Waals surface area (Å²) in [6.45, 7) is 3.15. The predicted octanol–water partition coefficient (Wildman–Crippen LogP) is 3.40. The molecule has 1 aromatic rings. The van der Waals surface area contributed by atoms with Gasteiger partial charge in [-0.15, -0.1) is 0 Å². The summed E-state index contributed by atoms with van der Waals surface area (Å²) in [4.78, 5) is 28.1. The number of hydrogen-bond acceptors (Lipinski definition) is 4. The van der Waals surface area contributed by atoms with Crippen molar-refractivity contribution in [3.8, 4) is 0 Å². The van der Waals surface area contributed by atoms with Gasteiger partial charge in [-0.05, 0) is 75.7 Å². The van der Waals surface area contributed by atoms with Crippen LogP contribution >= 0.6 is 0 Å². The van der Waals surface area contributed by atoms with E-state index < -0.39 is 5.54 Å². The topological polar surface area (TPSA) is 67.9 Å². The summed E-state index contributed by atoms with van der Waals surface area (Å²) in [5.41, 5.74) is 0.766. The van der Waals surface area contributed by atoms with E-state index in [2.05, 4.69) is 47.5 Å². The highest BCUT2D eigenvalue weighted by atomic mass is 16.5. The fourth-order valence-electron chi connectivity index (χ4n) is 7.41. The van der Waals surface area contributed by atoms with E-state index in [0.29, 0.717) is 19.1 Å². The molecule has 2 bridgehead atoms. The molecular formula is C27H36N2O4. The first kappa shape index (κ1) is 21.6. The summed E-state index contributed by atoms with van der Waals surface area (Å²) in [7, 11) is 0. The smallest absolute Gasteiger partial charge is 0.246 e. The van der Waals surface area contributed by atoms with Crippen LogP contribution in [0.2, 0.25) is 0 Å². The van der Waals surface area contributed by atoms with E-state index in [1.54, 1.807) is 0 Å². The number of rotatable bonds is 5. The lowest BCUT2D eigenvalue weighted by atomic mass is 9.44. The maximum atomic E-state index is 13.7. The van der Waals surface area contributed by atoms with Gasteiger partial charge in [0.25, 0.3) is 0 Å². The van der Waals surface area contributed by atoms with Crippen LogP contribution in [0.15, 0.2) is 30.3 Å². The van der Waals surface area contributed by atoms with Crippen molar-refractivity contribution >= 4 is 11.8 Å². The Balaban J connectivity index is 1.15. The van der Waals surface area contributed by atoms with E-state index in [1.807, 2.05) is 0 Å². The highest BCUT2D eigenvalue weighted by Crippen LogP contribution is 2.65. The molecule has 6 fully saturated rings. The molecule has 6 nitrogen and oxygen atoms in total. The van der Waals surface area contributed by atoms with Crippen LogP contribution in [-0.2, 0) is 19.1 Å². The zero-order chi connectivity index (χ0) is 22.6.